The number of aryl methyl sites for hydroxylation is 1. The molecule has 0 unspecified atom stereocenters. The summed E-state index contributed by atoms with van der Waals surface area (Å²) in [5.41, 5.74) is 3.61. The number of carbonyl (C=O) groups excluding carboxylic acids is 1. The summed E-state index contributed by atoms with van der Waals surface area (Å²) >= 11 is 5.98. The van der Waals surface area contributed by atoms with Crippen LogP contribution in [0.3, 0.4) is 0 Å². The number of aromatic nitrogens is 2. The van der Waals surface area contributed by atoms with Crippen LogP contribution in [0.2, 0.25) is 5.02 Å². The van der Waals surface area contributed by atoms with Crippen LogP contribution in [0.5, 0.6) is 0 Å². The number of rotatable bonds is 2. The van der Waals surface area contributed by atoms with E-state index in [0.717, 1.165) is 53.0 Å². The Morgan fingerprint density at radius 1 is 1.08 bits per heavy atom. The molecule has 2 heterocycles. The van der Waals surface area contributed by atoms with E-state index in [1.807, 2.05) is 31.2 Å². The Morgan fingerprint density at radius 3 is 2.50 bits per heavy atom. The summed E-state index contributed by atoms with van der Waals surface area (Å²) in [6, 6.07) is 7.80. The van der Waals surface area contributed by atoms with Crippen molar-refractivity contribution in [3.05, 3.63) is 51.8 Å². The molecule has 124 valence electrons. The van der Waals surface area contributed by atoms with Gasteiger partial charge < -0.3 is 4.90 Å². The molecule has 1 aromatic carbocycles. The van der Waals surface area contributed by atoms with Gasteiger partial charge in [0.1, 0.15) is 0 Å². The normalized spacial score (nSPS) is 20.3. The monoisotopic (exact) mass is 341 g/mol. The van der Waals surface area contributed by atoms with E-state index in [4.69, 9.17) is 16.6 Å². The number of halogens is 1. The maximum absolute atomic E-state index is 12.7. The summed E-state index contributed by atoms with van der Waals surface area (Å²) in [6.45, 7) is 3.94. The van der Waals surface area contributed by atoms with Crippen LogP contribution in [-0.4, -0.2) is 28.8 Å². The van der Waals surface area contributed by atoms with Crippen molar-refractivity contribution in [2.75, 3.05) is 18.0 Å². The maximum atomic E-state index is 12.7. The van der Waals surface area contributed by atoms with E-state index in [-0.39, 0.29) is 11.7 Å². The van der Waals surface area contributed by atoms with Crippen molar-refractivity contribution in [2.45, 2.75) is 38.5 Å². The second kappa shape index (κ2) is 6.17. The quantitative estimate of drug-likeness (QED) is 0.829. The molecule has 1 aliphatic heterocycles. The molecule has 2 aliphatic rings. The smallest absolute Gasteiger partial charge is 0.225 e. The lowest BCUT2D eigenvalue weighted by Gasteiger charge is -2.26. The highest BCUT2D eigenvalue weighted by Crippen LogP contribution is 2.34. The number of carbonyl (C=O) groups is 1. The van der Waals surface area contributed by atoms with Crippen LogP contribution < -0.4 is 4.90 Å². The van der Waals surface area contributed by atoms with Gasteiger partial charge in [-0.05, 0) is 49.8 Å². The minimum Gasteiger partial charge on any atom is -0.341 e. The number of nitrogens with zero attached hydrogens (tertiary/aromatic N) is 3. The van der Waals surface area contributed by atoms with E-state index in [0.29, 0.717) is 6.42 Å². The second-order valence-electron chi connectivity index (χ2n) is 6.70. The molecule has 1 saturated heterocycles. The van der Waals surface area contributed by atoms with Gasteiger partial charge in [0, 0.05) is 24.5 Å². The fourth-order valence-electron chi connectivity index (χ4n) is 3.79. The van der Waals surface area contributed by atoms with Gasteiger partial charge >= 0.3 is 0 Å². The highest BCUT2D eigenvalue weighted by molar-refractivity contribution is 6.30. The van der Waals surface area contributed by atoms with Crippen molar-refractivity contribution < 1.29 is 4.79 Å². The molecule has 4 nitrogen and oxygen atoms in total. The van der Waals surface area contributed by atoms with Gasteiger partial charge in [-0.2, -0.15) is 0 Å². The molecule has 4 rings (SSSR count). The Morgan fingerprint density at radius 2 is 1.79 bits per heavy atom. The minimum absolute atomic E-state index is 0.154. The van der Waals surface area contributed by atoms with Gasteiger partial charge in [0.05, 0.1) is 17.0 Å². The maximum Gasteiger partial charge on any atom is 0.225 e. The van der Waals surface area contributed by atoms with Crippen LogP contribution in [-0.2, 0) is 6.42 Å². The lowest BCUT2D eigenvalue weighted by Crippen LogP contribution is -2.26. The molecule has 24 heavy (non-hydrogen) atoms. The first-order valence-electron chi connectivity index (χ1n) is 8.53. The van der Waals surface area contributed by atoms with E-state index in [1.165, 1.54) is 12.8 Å². The van der Waals surface area contributed by atoms with Crippen molar-refractivity contribution in [1.82, 2.24) is 9.97 Å². The largest absolute Gasteiger partial charge is 0.341 e. The third kappa shape index (κ3) is 2.80. The summed E-state index contributed by atoms with van der Waals surface area (Å²) in [5, 5.41) is 0.718. The van der Waals surface area contributed by atoms with Crippen LogP contribution >= 0.6 is 11.6 Å². The number of fused-ring (bicyclic) bond motifs is 1. The third-order valence-electron chi connectivity index (χ3n) is 5.03. The fourth-order valence-corrected chi connectivity index (χ4v) is 3.91. The summed E-state index contributed by atoms with van der Waals surface area (Å²) in [7, 11) is 0. The fraction of sp³-hybridized carbons (Fsp3) is 0.421. The zero-order valence-corrected chi connectivity index (χ0v) is 14.5. The number of Topliss-reactive ketones (excluding diaryl/α,β-unsaturated/α-hetero) is 1. The average molecular weight is 342 g/mol. The first kappa shape index (κ1) is 15.6. The van der Waals surface area contributed by atoms with Gasteiger partial charge in [-0.3, -0.25) is 4.79 Å². The zero-order chi connectivity index (χ0) is 16.7. The summed E-state index contributed by atoms with van der Waals surface area (Å²) < 4.78 is 0. The Balaban J connectivity index is 1.69. The van der Waals surface area contributed by atoms with Crippen molar-refractivity contribution in [2.24, 2.45) is 0 Å². The predicted octanol–water partition coefficient (Wildman–Crippen LogP) is 3.95. The molecule has 1 atom stereocenters. The van der Waals surface area contributed by atoms with Crippen LogP contribution in [0.4, 0.5) is 5.95 Å². The Labute approximate surface area is 146 Å². The van der Waals surface area contributed by atoms with E-state index < -0.39 is 0 Å². The second-order valence-corrected chi connectivity index (χ2v) is 7.14. The van der Waals surface area contributed by atoms with Gasteiger partial charge in [-0.1, -0.05) is 23.7 Å². The van der Waals surface area contributed by atoms with Gasteiger partial charge in [0.2, 0.25) is 5.95 Å². The number of benzene rings is 1. The SMILES string of the molecule is Cc1nc(N2CCCC2)nc2c1C(=O)C[C@H](c1ccc(Cl)cc1)C2. The first-order chi connectivity index (χ1) is 11.6. The molecule has 0 N–H and O–H groups in total. The van der Waals surface area contributed by atoms with E-state index in [1.54, 1.807) is 0 Å². The van der Waals surface area contributed by atoms with E-state index in [9.17, 15) is 4.79 Å². The summed E-state index contributed by atoms with van der Waals surface area (Å²) in [4.78, 5) is 24.3. The molecular weight excluding hydrogens is 322 g/mol. The summed E-state index contributed by atoms with van der Waals surface area (Å²) in [6.07, 6.45) is 3.67. The lowest BCUT2D eigenvalue weighted by atomic mass is 9.81. The van der Waals surface area contributed by atoms with Crippen molar-refractivity contribution in [3.63, 3.8) is 0 Å². The number of anilines is 1. The molecule has 1 fully saturated rings. The highest BCUT2D eigenvalue weighted by Gasteiger charge is 2.30. The van der Waals surface area contributed by atoms with Crippen molar-refractivity contribution >= 4 is 23.3 Å². The Hall–Kier alpha value is -1.94. The van der Waals surface area contributed by atoms with Gasteiger partial charge in [0.25, 0.3) is 0 Å². The van der Waals surface area contributed by atoms with Crippen LogP contribution in [0.1, 0.15) is 52.5 Å². The summed E-state index contributed by atoms with van der Waals surface area (Å²) in [5.74, 6) is 1.11. The van der Waals surface area contributed by atoms with Crippen LogP contribution in [0, 0.1) is 6.92 Å². The topological polar surface area (TPSA) is 46.1 Å². The molecule has 0 radical (unpaired) electrons. The standard InChI is InChI=1S/C19H20ClN3O/c1-12-18-16(22-19(21-12)23-8-2-3-9-23)10-14(11-17(18)24)13-4-6-15(20)7-5-13/h4-7,14H,2-3,8-11H2,1H3/t14-/m1/s1. The highest BCUT2D eigenvalue weighted by atomic mass is 35.5. The lowest BCUT2D eigenvalue weighted by molar-refractivity contribution is 0.0962. The molecule has 1 aromatic heterocycles. The average Bonchev–Trinajstić information content (AvgIpc) is 3.09. The first-order valence-corrected chi connectivity index (χ1v) is 8.91. The zero-order valence-electron chi connectivity index (χ0n) is 13.8. The molecule has 1 aliphatic carbocycles. The molecule has 0 amide bonds. The molecule has 2 aromatic rings. The Kier molecular flexibility index (Phi) is 4.01. The molecule has 0 spiro atoms. The molecule has 0 saturated carbocycles. The van der Waals surface area contributed by atoms with Crippen LogP contribution in [0.25, 0.3) is 0 Å². The predicted molar refractivity (Wildman–Crippen MR) is 95.1 cm³/mol. The number of hydrogen-bond donors (Lipinski definition) is 0. The minimum atomic E-state index is 0.154. The van der Waals surface area contributed by atoms with E-state index in [2.05, 4.69) is 9.88 Å². The molecular formula is C19H20ClN3O. The van der Waals surface area contributed by atoms with Crippen molar-refractivity contribution in [3.8, 4) is 0 Å². The van der Waals surface area contributed by atoms with E-state index >= 15 is 0 Å². The molecule has 5 heteroatoms. The number of ketones is 1. The third-order valence-corrected chi connectivity index (χ3v) is 5.29. The Bertz CT molecular complexity index is 782. The van der Waals surface area contributed by atoms with Crippen LogP contribution in [0.15, 0.2) is 24.3 Å². The van der Waals surface area contributed by atoms with Crippen molar-refractivity contribution in [1.29, 1.82) is 0 Å². The van der Waals surface area contributed by atoms with Gasteiger partial charge in [-0.25, -0.2) is 9.97 Å². The van der Waals surface area contributed by atoms with Gasteiger partial charge in [0.15, 0.2) is 5.78 Å². The number of hydrogen-bond acceptors (Lipinski definition) is 4. The van der Waals surface area contributed by atoms with Gasteiger partial charge in [-0.15, -0.1) is 0 Å². The molecule has 0 bridgehead atoms.